The third-order valence-corrected chi connectivity index (χ3v) is 2.63. The van der Waals surface area contributed by atoms with E-state index in [1.807, 2.05) is 30.3 Å². The molecule has 0 aliphatic heterocycles. The van der Waals surface area contributed by atoms with Gasteiger partial charge >= 0.3 is 0 Å². The van der Waals surface area contributed by atoms with E-state index in [1.54, 1.807) is 24.4 Å². The number of aliphatic imine (C=N–C) groups is 1. The number of para-hydroxylation sites is 2. The molecule has 0 aromatic heterocycles. The highest BCUT2D eigenvalue weighted by Gasteiger charge is 1.95. The molecule has 2 aromatic rings. The highest BCUT2D eigenvalue weighted by molar-refractivity contribution is 9.10. The first kappa shape index (κ1) is 10.9. The van der Waals surface area contributed by atoms with Gasteiger partial charge in [0.2, 0.25) is 0 Å². The molecule has 2 rings (SSSR count). The van der Waals surface area contributed by atoms with Crippen molar-refractivity contribution in [3.8, 4) is 5.75 Å². The van der Waals surface area contributed by atoms with Crippen LogP contribution in [-0.2, 0) is 0 Å². The van der Waals surface area contributed by atoms with Crippen LogP contribution in [0.4, 0.5) is 5.69 Å². The molecule has 0 aliphatic carbocycles. The Hall–Kier alpha value is -1.61. The van der Waals surface area contributed by atoms with Gasteiger partial charge in [-0.05, 0) is 29.8 Å². The minimum atomic E-state index is 0.191. The van der Waals surface area contributed by atoms with Gasteiger partial charge in [-0.3, -0.25) is 4.99 Å². The van der Waals surface area contributed by atoms with Crippen LogP contribution in [0.5, 0.6) is 5.75 Å². The molecule has 0 spiro atoms. The Morgan fingerprint density at radius 1 is 1.00 bits per heavy atom. The van der Waals surface area contributed by atoms with Crippen molar-refractivity contribution >= 4 is 27.8 Å². The molecule has 16 heavy (non-hydrogen) atoms. The Morgan fingerprint density at radius 3 is 2.38 bits per heavy atom. The Labute approximate surface area is 102 Å². The van der Waals surface area contributed by atoms with E-state index in [0.717, 1.165) is 10.0 Å². The van der Waals surface area contributed by atoms with Gasteiger partial charge < -0.3 is 5.11 Å². The van der Waals surface area contributed by atoms with Crippen LogP contribution < -0.4 is 0 Å². The zero-order chi connectivity index (χ0) is 11.4. The molecule has 0 amide bonds. The zero-order valence-corrected chi connectivity index (χ0v) is 10.1. The van der Waals surface area contributed by atoms with E-state index in [9.17, 15) is 5.11 Å². The molecular formula is C13H10BrNO. The lowest BCUT2D eigenvalue weighted by Crippen LogP contribution is -1.79. The molecule has 0 saturated carbocycles. The largest absolute Gasteiger partial charge is 0.506 e. The number of aromatic hydroxyl groups is 1. The quantitative estimate of drug-likeness (QED) is 0.829. The van der Waals surface area contributed by atoms with Crippen LogP contribution in [0.3, 0.4) is 0 Å². The highest BCUT2D eigenvalue weighted by Crippen LogP contribution is 2.24. The molecule has 3 heteroatoms. The maximum absolute atomic E-state index is 9.51. The molecule has 0 fully saturated rings. The molecule has 0 aliphatic rings. The molecule has 1 N–H and O–H groups in total. The number of rotatable bonds is 2. The summed E-state index contributed by atoms with van der Waals surface area (Å²) in [6, 6.07) is 14.8. The molecule has 2 aromatic carbocycles. The first-order valence-corrected chi connectivity index (χ1v) is 5.62. The van der Waals surface area contributed by atoms with Gasteiger partial charge in [0, 0.05) is 10.7 Å². The van der Waals surface area contributed by atoms with Crippen molar-refractivity contribution in [1.29, 1.82) is 0 Å². The molecule has 0 heterocycles. The molecule has 0 bridgehead atoms. The van der Waals surface area contributed by atoms with E-state index in [2.05, 4.69) is 20.9 Å². The van der Waals surface area contributed by atoms with Gasteiger partial charge in [0.05, 0.1) is 0 Å². The summed E-state index contributed by atoms with van der Waals surface area (Å²) in [4.78, 5) is 4.22. The fourth-order valence-electron chi connectivity index (χ4n) is 1.27. The molecule has 0 atom stereocenters. The Balaban J connectivity index is 2.21. The number of hydrogen-bond donors (Lipinski definition) is 1. The van der Waals surface area contributed by atoms with E-state index >= 15 is 0 Å². The molecular weight excluding hydrogens is 266 g/mol. The van der Waals surface area contributed by atoms with Crippen LogP contribution in [0.1, 0.15) is 5.56 Å². The summed E-state index contributed by atoms with van der Waals surface area (Å²) in [6.07, 6.45) is 1.72. The van der Waals surface area contributed by atoms with Gasteiger partial charge in [-0.25, -0.2) is 0 Å². The lowest BCUT2D eigenvalue weighted by Gasteiger charge is -1.97. The van der Waals surface area contributed by atoms with E-state index < -0.39 is 0 Å². The average Bonchev–Trinajstić information content (AvgIpc) is 2.30. The zero-order valence-electron chi connectivity index (χ0n) is 8.47. The van der Waals surface area contributed by atoms with Gasteiger partial charge in [0.15, 0.2) is 0 Å². The SMILES string of the molecule is Oc1ccccc1/N=C/c1ccc(Br)cc1. The van der Waals surface area contributed by atoms with Crippen molar-refractivity contribution in [3.05, 3.63) is 58.6 Å². The second-order valence-corrected chi connectivity index (χ2v) is 4.21. The minimum Gasteiger partial charge on any atom is -0.506 e. The Morgan fingerprint density at radius 2 is 1.69 bits per heavy atom. The van der Waals surface area contributed by atoms with Crippen LogP contribution in [-0.4, -0.2) is 11.3 Å². The van der Waals surface area contributed by atoms with Crippen LogP contribution in [0, 0.1) is 0 Å². The lowest BCUT2D eigenvalue weighted by atomic mass is 10.2. The van der Waals surface area contributed by atoms with Gasteiger partial charge in [-0.15, -0.1) is 0 Å². The number of phenolic OH excluding ortho intramolecular Hbond substituents is 1. The first-order chi connectivity index (χ1) is 7.75. The number of hydrogen-bond acceptors (Lipinski definition) is 2. The third kappa shape index (κ3) is 2.70. The molecule has 0 unspecified atom stereocenters. The van der Waals surface area contributed by atoms with Crippen molar-refractivity contribution in [3.63, 3.8) is 0 Å². The third-order valence-electron chi connectivity index (χ3n) is 2.10. The van der Waals surface area contributed by atoms with Crippen molar-refractivity contribution in [2.24, 2.45) is 4.99 Å². The van der Waals surface area contributed by atoms with Gasteiger partial charge in [-0.2, -0.15) is 0 Å². The van der Waals surface area contributed by atoms with E-state index in [-0.39, 0.29) is 5.75 Å². The predicted molar refractivity (Wildman–Crippen MR) is 69.5 cm³/mol. The second-order valence-electron chi connectivity index (χ2n) is 3.30. The van der Waals surface area contributed by atoms with E-state index in [1.165, 1.54) is 0 Å². The van der Waals surface area contributed by atoms with E-state index in [0.29, 0.717) is 5.69 Å². The van der Waals surface area contributed by atoms with Crippen LogP contribution in [0.2, 0.25) is 0 Å². The number of phenols is 1. The van der Waals surface area contributed by atoms with Crippen LogP contribution >= 0.6 is 15.9 Å². The van der Waals surface area contributed by atoms with Crippen molar-refractivity contribution in [2.45, 2.75) is 0 Å². The number of halogens is 1. The highest BCUT2D eigenvalue weighted by atomic mass is 79.9. The fraction of sp³-hybridized carbons (Fsp3) is 0. The molecule has 2 nitrogen and oxygen atoms in total. The average molecular weight is 276 g/mol. The summed E-state index contributed by atoms with van der Waals surface area (Å²) in [5, 5.41) is 9.51. The van der Waals surface area contributed by atoms with Crippen molar-refractivity contribution in [2.75, 3.05) is 0 Å². The van der Waals surface area contributed by atoms with Gasteiger partial charge in [0.1, 0.15) is 11.4 Å². The van der Waals surface area contributed by atoms with Crippen LogP contribution in [0.15, 0.2) is 58.0 Å². The maximum Gasteiger partial charge on any atom is 0.141 e. The lowest BCUT2D eigenvalue weighted by molar-refractivity contribution is 0.477. The van der Waals surface area contributed by atoms with Crippen molar-refractivity contribution < 1.29 is 5.11 Å². The maximum atomic E-state index is 9.51. The monoisotopic (exact) mass is 275 g/mol. The normalized spacial score (nSPS) is 10.8. The second kappa shape index (κ2) is 4.94. The topological polar surface area (TPSA) is 32.6 Å². The number of benzene rings is 2. The predicted octanol–water partition coefficient (Wildman–Crippen LogP) is 3.91. The summed E-state index contributed by atoms with van der Waals surface area (Å²) < 4.78 is 1.03. The van der Waals surface area contributed by atoms with Crippen LogP contribution in [0.25, 0.3) is 0 Å². The summed E-state index contributed by atoms with van der Waals surface area (Å²) in [6.45, 7) is 0. The van der Waals surface area contributed by atoms with Gasteiger partial charge in [0.25, 0.3) is 0 Å². The van der Waals surface area contributed by atoms with E-state index in [4.69, 9.17) is 0 Å². The molecule has 0 radical (unpaired) electrons. The molecule has 0 saturated heterocycles. The minimum absolute atomic E-state index is 0.191. The number of nitrogens with zero attached hydrogens (tertiary/aromatic N) is 1. The Bertz CT molecular complexity index is 506. The summed E-state index contributed by atoms with van der Waals surface area (Å²) in [5.41, 5.74) is 1.57. The summed E-state index contributed by atoms with van der Waals surface area (Å²) in [7, 11) is 0. The fourth-order valence-corrected chi connectivity index (χ4v) is 1.53. The molecule has 80 valence electrons. The Kier molecular flexibility index (Phi) is 3.37. The van der Waals surface area contributed by atoms with Gasteiger partial charge in [-0.1, -0.05) is 40.2 Å². The smallest absolute Gasteiger partial charge is 0.141 e. The first-order valence-electron chi connectivity index (χ1n) is 4.83. The van der Waals surface area contributed by atoms with Crippen molar-refractivity contribution in [1.82, 2.24) is 0 Å². The summed E-state index contributed by atoms with van der Waals surface area (Å²) in [5.74, 6) is 0.191. The summed E-state index contributed by atoms with van der Waals surface area (Å²) >= 11 is 3.37. The standard InChI is InChI=1S/C13H10BrNO/c14-11-7-5-10(6-8-11)9-15-12-3-1-2-4-13(12)16/h1-9,16H/b15-9+.